The number of aromatic nitrogens is 1. The Morgan fingerprint density at radius 3 is 2.65 bits per heavy atom. The predicted molar refractivity (Wildman–Crippen MR) is 77.3 cm³/mol. The van der Waals surface area contributed by atoms with Gasteiger partial charge in [0.15, 0.2) is 0 Å². The molecule has 17 heavy (non-hydrogen) atoms. The first-order chi connectivity index (χ1) is 8.25. The Balaban J connectivity index is 2.35. The third-order valence-corrected chi connectivity index (χ3v) is 3.23. The minimum atomic E-state index is 1.00. The van der Waals surface area contributed by atoms with E-state index in [1.165, 1.54) is 16.3 Å². The van der Waals surface area contributed by atoms with Crippen LogP contribution in [0.3, 0.4) is 0 Å². The summed E-state index contributed by atoms with van der Waals surface area (Å²) in [5.41, 5.74) is 3.41. The van der Waals surface area contributed by atoms with Gasteiger partial charge in [0.25, 0.3) is 0 Å². The number of nitrogens with one attached hydrogen (secondary N) is 2. The maximum atomic E-state index is 3.46. The standard InChI is InChI=1S/C13H10N2Se2/c16-13(17)15-11-7-3-5-9-8-4-1-2-6-10(8)14-12(9)11/h1-7,14H,(H2,15,16,17). The van der Waals surface area contributed by atoms with Crippen LogP contribution in [0.1, 0.15) is 0 Å². The van der Waals surface area contributed by atoms with Crippen molar-refractivity contribution in [3.05, 3.63) is 42.5 Å². The van der Waals surface area contributed by atoms with Crippen LogP contribution in [-0.4, -0.2) is 40.0 Å². The van der Waals surface area contributed by atoms with Gasteiger partial charge in [-0.15, -0.1) is 0 Å². The number of rotatable bonds is 2. The van der Waals surface area contributed by atoms with Gasteiger partial charge < -0.3 is 0 Å². The molecule has 84 valence electrons. The molecular formula is C13H10N2Se2. The summed E-state index contributed by atoms with van der Waals surface area (Å²) in [7, 11) is 0. The normalized spacial score (nSPS) is 10.9. The van der Waals surface area contributed by atoms with Crippen molar-refractivity contribution in [2.45, 2.75) is 0 Å². The van der Waals surface area contributed by atoms with Crippen LogP contribution in [0.25, 0.3) is 21.8 Å². The van der Waals surface area contributed by atoms with Crippen molar-refractivity contribution in [2.75, 3.05) is 5.32 Å². The third-order valence-electron chi connectivity index (χ3n) is 2.78. The van der Waals surface area contributed by atoms with E-state index in [1.54, 1.807) is 0 Å². The summed E-state index contributed by atoms with van der Waals surface area (Å²) in [6.45, 7) is 0. The fourth-order valence-corrected chi connectivity index (χ4v) is 2.58. The topological polar surface area (TPSA) is 27.8 Å². The summed E-state index contributed by atoms with van der Waals surface area (Å²) in [4.78, 5) is 3.46. The van der Waals surface area contributed by atoms with Crippen LogP contribution in [0.5, 0.6) is 0 Å². The molecule has 0 bridgehead atoms. The Hall–Kier alpha value is -1.05. The number of para-hydroxylation sites is 2. The van der Waals surface area contributed by atoms with Crippen LogP contribution in [0, 0.1) is 0 Å². The Bertz CT molecular complexity index is 716. The van der Waals surface area contributed by atoms with Gasteiger partial charge >= 0.3 is 115 Å². The molecule has 2 aromatic carbocycles. The second kappa shape index (κ2) is 4.32. The van der Waals surface area contributed by atoms with E-state index in [0.29, 0.717) is 0 Å². The third kappa shape index (κ3) is 1.94. The summed E-state index contributed by atoms with van der Waals surface area (Å²) >= 11 is 5.42. The minimum absolute atomic E-state index is 1.00. The summed E-state index contributed by atoms with van der Waals surface area (Å²) < 4.78 is 1.00. The molecule has 2 nitrogen and oxygen atoms in total. The number of anilines is 1. The first-order valence-electron chi connectivity index (χ1n) is 5.25. The van der Waals surface area contributed by atoms with Gasteiger partial charge in [0.2, 0.25) is 0 Å². The first kappa shape index (κ1) is 11.1. The molecule has 0 saturated carbocycles. The molecule has 3 rings (SSSR count). The molecule has 2 N–H and O–H groups in total. The van der Waals surface area contributed by atoms with Crippen LogP contribution in [-0.2, 0) is 0 Å². The SMILES string of the molecule is [Se]=C([SeH])Nc1cccc2c1[nH]c1ccccc12. The van der Waals surface area contributed by atoms with Gasteiger partial charge in [0.05, 0.1) is 0 Å². The number of H-pyrrole nitrogens is 1. The Morgan fingerprint density at radius 1 is 1.06 bits per heavy atom. The van der Waals surface area contributed by atoms with Crippen molar-refractivity contribution >= 4 is 62.5 Å². The number of hydrogen-bond donors (Lipinski definition) is 2. The molecular weight excluding hydrogens is 342 g/mol. The molecule has 0 fully saturated rings. The molecule has 0 aliphatic carbocycles. The first-order valence-corrected chi connectivity index (χ1v) is 7.04. The molecule has 3 aromatic rings. The molecule has 0 radical (unpaired) electrons. The zero-order valence-electron chi connectivity index (χ0n) is 8.90. The monoisotopic (exact) mass is 354 g/mol. The number of benzene rings is 2. The summed E-state index contributed by atoms with van der Waals surface area (Å²) in [6, 6.07) is 14.6. The maximum absolute atomic E-state index is 3.46. The second-order valence-electron chi connectivity index (χ2n) is 3.83. The van der Waals surface area contributed by atoms with Gasteiger partial charge in [-0.1, -0.05) is 0 Å². The van der Waals surface area contributed by atoms with Gasteiger partial charge in [0.1, 0.15) is 0 Å². The van der Waals surface area contributed by atoms with Crippen LogP contribution in [0.15, 0.2) is 42.5 Å². The van der Waals surface area contributed by atoms with Gasteiger partial charge in [-0.2, -0.15) is 0 Å². The van der Waals surface area contributed by atoms with Crippen molar-refractivity contribution in [2.24, 2.45) is 0 Å². The quantitative estimate of drug-likeness (QED) is 0.678. The molecule has 0 unspecified atom stereocenters. The Kier molecular flexibility index (Phi) is 2.81. The fourth-order valence-electron chi connectivity index (χ4n) is 2.09. The molecule has 0 spiro atoms. The fraction of sp³-hybridized carbons (Fsp3) is 0. The molecule has 1 aromatic heterocycles. The molecule has 0 aliphatic rings. The van der Waals surface area contributed by atoms with Gasteiger partial charge in [-0.25, -0.2) is 0 Å². The molecule has 0 atom stereocenters. The number of hydrogen-bond acceptors (Lipinski definition) is 1. The van der Waals surface area contributed by atoms with Crippen molar-refractivity contribution in [3.63, 3.8) is 0 Å². The number of aromatic amines is 1. The van der Waals surface area contributed by atoms with E-state index in [2.05, 4.69) is 78.3 Å². The summed E-state index contributed by atoms with van der Waals surface area (Å²) in [6.07, 6.45) is 0. The van der Waals surface area contributed by atoms with E-state index >= 15 is 0 Å². The van der Waals surface area contributed by atoms with Gasteiger partial charge in [-0.3, -0.25) is 0 Å². The molecule has 0 aliphatic heterocycles. The Morgan fingerprint density at radius 2 is 1.82 bits per heavy atom. The Labute approximate surface area is 115 Å². The van der Waals surface area contributed by atoms with E-state index in [0.717, 1.165) is 14.6 Å². The molecule has 0 saturated heterocycles. The molecule has 0 amide bonds. The van der Waals surface area contributed by atoms with Gasteiger partial charge in [-0.05, 0) is 0 Å². The van der Waals surface area contributed by atoms with Crippen LogP contribution >= 0.6 is 0 Å². The van der Waals surface area contributed by atoms with Gasteiger partial charge in [0, 0.05) is 0 Å². The molecule has 4 heteroatoms. The predicted octanol–water partition coefficient (Wildman–Crippen LogP) is 1.89. The second-order valence-corrected chi connectivity index (χ2v) is 7.10. The van der Waals surface area contributed by atoms with Crippen LogP contribution < -0.4 is 5.32 Å². The van der Waals surface area contributed by atoms with Crippen molar-refractivity contribution in [3.8, 4) is 0 Å². The van der Waals surface area contributed by atoms with Crippen LogP contribution in [0.4, 0.5) is 5.69 Å². The zero-order valence-corrected chi connectivity index (χ0v) is 12.5. The van der Waals surface area contributed by atoms with Crippen molar-refractivity contribution < 1.29 is 0 Å². The van der Waals surface area contributed by atoms with E-state index in [4.69, 9.17) is 0 Å². The molecule has 1 heterocycles. The van der Waals surface area contributed by atoms with Crippen molar-refractivity contribution in [1.29, 1.82) is 0 Å². The zero-order chi connectivity index (χ0) is 11.8. The van der Waals surface area contributed by atoms with Crippen molar-refractivity contribution in [1.82, 2.24) is 4.98 Å². The van der Waals surface area contributed by atoms with E-state index in [9.17, 15) is 0 Å². The number of fused-ring (bicyclic) bond motifs is 3. The van der Waals surface area contributed by atoms with E-state index in [-0.39, 0.29) is 0 Å². The van der Waals surface area contributed by atoms with Crippen LogP contribution in [0.2, 0.25) is 0 Å². The van der Waals surface area contributed by atoms with E-state index in [1.807, 2.05) is 6.07 Å². The average Bonchev–Trinajstić information content (AvgIpc) is 2.68. The van der Waals surface area contributed by atoms with E-state index < -0.39 is 0 Å². The average molecular weight is 352 g/mol. The summed E-state index contributed by atoms with van der Waals surface area (Å²) in [5.74, 6) is 0. The summed E-state index contributed by atoms with van der Waals surface area (Å²) in [5, 5.41) is 5.82.